The van der Waals surface area contributed by atoms with Gasteiger partial charge in [-0.3, -0.25) is 29.5 Å². The second kappa shape index (κ2) is 10.9. The number of rotatable bonds is 5. The lowest BCUT2D eigenvalue weighted by Gasteiger charge is -2.49. The van der Waals surface area contributed by atoms with Gasteiger partial charge in [-0.2, -0.15) is 18.2 Å². The van der Waals surface area contributed by atoms with Gasteiger partial charge in [0.25, 0.3) is 11.8 Å². The molecule has 3 aromatic rings. The molecule has 2 saturated heterocycles. The number of halogens is 5. The molecule has 0 bridgehead atoms. The van der Waals surface area contributed by atoms with Gasteiger partial charge in [0.05, 0.1) is 34.3 Å². The summed E-state index contributed by atoms with van der Waals surface area (Å²) in [5, 5.41) is 10.4. The van der Waals surface area contributed by atoms with Gasteiger partial charge < -0.3 is 9.52 Å². The number of carbonyl (C=O) groups excluding carboxylic acids is 4. The van der Waals surface area contributed by atoms with Crippen LogP contribution in [0.4, 0.5) is 19.0 Å². The topological polar surface area (TPSA) is 133 Å². The van der Waals surface area contributed by atoms with E-state index in [-0.39, 0.29) is 36.1 Å². The number of aliphatic hydroxyl groups is 1. The summed E-state index contributed by atoms with van der Waals surface area (Å²) in [6, 6.07) is 10.1. The number of nitrogens with zero attached hydrogens (tertiary/aromatic N) is 3. The third-order valence-electron chi connectivity index (χ3n) is 9.90. The minimum Gasteiger partial charge on any atom is -0.463 e. The Kier molecular flexibility index (Phi) is 7.30. The lowest BCUT2D eigenvalue weighted by Crippen LogP contribution is -2.53. The van der Waals surface area contributed by atoms with Crippen LogP contribution in [0.15, 0.2) is 64.7 Å². The van der Waals surface area contributed by atoms with Gasteiger partial charge in [-0.05, 0) is 54.7 Å². The number of allylic oxidation sites excluding steroid dienone is 2. The zero-order valence-electron chi connectivity index (χ0n) is 24.4. The Morgan fingerprint density at radius 3 is 2.40 bits per heavy atom. The number of hydrazine groups is 1. The van der Waals surface area contributed by atoms with Crippen LogP contribution in [0.25, 0.3) is 0 Å². The number of imide groups is 2. The van der Waals surface area contributed by atoms with Gasteiger partial charge >= 0.3 is 6.18 Å². The first-order chi connectivity index (χ1) is 22.3. The average molecular weight is 689 g/mol. The number of amides is 4. The number of alkyl halides is 3. The number of anilines is 1. The maximum Gasteiger partial charge on any atom is 0.417 e. The van der Waals surface area contributed by atoms with E-state index in [1.54, 1.807) is 30.3 Å². The van der Waals surface area contributed by atoms with Crippen LogP contribution in [0, 0.1) is 23.7 Å². The molecule has 1 saturated carbocycles. The van der Waals surface area contributed by atoms with Crippen LogP contribution in [-0.4, -0.2) is 50.7 Å². The maximum atomic E-state index is 14.9. The van der Waals surface area contributed by atoms with Gasteiger partial charge in [0, 0.05) is 18.3 Å². The molecule has 15 heteroatoms. The monoisotopic (exact) mass is 688 g/mol. The second-order valence-corrected chi connectivity index (χ2v) is 13.0. The summed E-state index contributed by atoms with van der Waals surface area (Å²) >= 11 is 12.4. The lowest BCUT2D eigenvalue weighted by atomic mass is 9.50. The highest BCUT2D eigenvalue weighted by molar-refractivity contribution is 6.33. The minimum atomic E-state index is -4.74. The molecule has 4 aliphatic rings. The maximum absolute atomic E-state index is 14.9. The van der Waals surface area contributed by atoms with Crippen LogP contribution in [0.2, 0.25) is 10.0 Å². The van der Waals surface area contributed by atoms with E-state index < -0.39 is 76.1 Å². The molecule has 2 N–H and O–H groups in total. The summed E-state index contributed by atoms with van der Waals surface area (Å²) in [4.78, 5) is 60.8. The zero-order valence-corrected chi connectivity index (χ0v) is 25.9. The molecule has 0 radical (unpaired) electrons. The molecule has 7 rings (SSSR count). The fourth-order valence-electron chi connectivity index (χ4n) is 7.88. The Labute approximate surface area is 275 Å². The number of aliphatic hydroxyl groups excluding tert-OH is 1. The molecule has 2 aliphatic heterocycles. The number of hydrogen-bond acceptors (Lipinski definition) is 8. The number of pyridine rings is 1. The summed E-state index contributed by atoms with van der Waals surface area (Å²) in [6.07, 6.45) is -2.17. The molecule has 2 aliphatic carbocycles. The molecule has 10 nitrogen and oxygen atoms in total. The molecule has 0 spiro atoms. The van der Waals surface area contributed by atoms with E-state index in [1.165, 1.54) is 13.1 Å². The smallest absolute Gasteiger partial charge is 0.417 e. The van der Waals surface area contributed by atoms with Crippen molar-refractivity contribution in [3.63, 3.8) is 0 Å². The molecule has 1 aromatic carbocycles. The number of furan rings is 1. The zero-order chi connectivity index (χ0) is 33.6. The van der Waals surface area contributed by atoms with Crippen molar-refractivity contribution in [1.29, 1.82) is 0 Å². The van der Waals surface area contributed by atoms with Gasteiger partial charge in [0.1, 0.15) is 23.5 Å². The van der Waals surface area contributed by atoms with Crippen LogP contribution in [0.3, 0.4) is 0 Å². The molecule has 244 valence electrons. The van der Waals surface area contributed by atoms with Crippen LogP contribution in [0.1, 0.15) is 41.4 Å². The first-order valence-electron chi connectivity index (χ1n) is 14.6. The first kappa shape index (κ1) is 31.4. The largest absolute Gasteiger partial charge is 0.463 e. The van der Waals surface area contributed by atoms with E-state index in [9.17, 15) is 37.5 Å². The summed E-state index contributed by atoms with van der Waals surface area (Å²) in [5.74, 6) is -6.40. The van der Waals surface area contributed by atoms with Crippen molar-refractivity contribution in [3.8, 4) is 0 Å². The summed E-state index contributed by atoms with van der Waals surface area (Å²) in [5.41, 5.74) is 0.742. The molecule has 47 heavy (non-hydrogen) atoms. The van der Waals surface area contributed by atoms with Crippen molar-refractivity contribution in [3.05, 3.63) is 93.0 Å². The predicted octanol–water partition coefficient (Wildman–Crippen LogP) is 5.11. The highest BCUT2D eigenvalue weighted by Gasteiger charge is 2.71. The highest BCUT2D eigenvalue weighted by Crippen LogP contribution is 2.64. The van der Waals surface area contributed by atoms with E-state index >= 15 is 0 Å². The minimum absolute atomic E-state index is 0.0104. The molecule has 0 unspecified atom stereocenters. The van der Waals surface area contributed by atoms with Crippen molar-refractivity contribution in [2.45, 2.75) is 37.0 Å². The van der Waals surface area contributed by atoms with Gasteiger partial charge in [-0.25, -0.2) is 4.98 Å². The van der Waals surface area contributed by atoms with Crippen molar-refractivity contribution in [1.82, 2.24) is 14.9 Å². The van der Waals surface area contributed by atoms with Gasteiger partial charge in [-0.1, -0.05) is 47.0 Å². The van der Waals surface area contributed by atoms with Gasteiger partial charge in [-0.15, -0.1) is 0 Å². The van der Waals surface area contributed by atoms with Crippen LogP contribution in [0.5, 0.6) is 0 Å². The Morgan fingerprint density at radius 2 is 1.77 bits per heavy atom. The Morgan fingerprint density at radius 1 is 1.04 bits per heavy atom. The van der Waals surface area contributed by atoms with Crippen molar-refractivity contribution >= 4 is 52.6 Å². The van der Waals surface area contributed by atoms with E-state index in [4.69, 9.17) is 27.6 Å². The number of likely N-dealkylation sites (tertiary alicyclic amines) is 1. The van der Waals surface area contributed by atoms with Crippen molar-refractivity contribution < 1.29 is 41.9 Å². The number of hydrogen-bond donors (Lipinski definition) is 2. The standard InChI is InChI=1S/C32H25Cl2F3N4O6/c1-40-27(43)19-8-7-18-20(24(19)29(40)45)11-21-28(44)41(39-26-22(34)10-15(12-38-26)32(35,36)37)30(46)31(21,14-2-4-16(33)5-3-14)25(18)23-9-6-17(13-42)47-23/h2-7,9-10,12,19-21,24-25,42H,8,11,13H2,1H3,(H,38,39)/t19-,20+,21-,24-,25+,31+/m0/s1. The molecular formula is C32H25Cl2F3N4O6. The van der Waals surface area contributed by atoms with Crippen LogP contribution >= 0.6 is 23.2 Å². The third kappa shape index (κ3) is 4.54. The molecule has 4 heterocycles. The average Bonchev–Trinajstić information content (AvgIpc) is 3.67. The predicted molar refractivity (Wildman–Crippen MR) is 159 cm³/mol. The highest BCUT2D eigenvalue weighted by atomic mass is 35.5. The summed E-state index contributed by atoms with van der Waals surface area (Å²) in [6.45, 7) is -0.451. The Balaban J connectivity index is 1.43. The molecule has 4 amide bonds. The molecule has 6 atom stereocenters. The van der Waals surface area contributed by atoms with Gasteiger partial charge in [0.15, 0.2) is 5.82 Å². The second-order valence-electron chi connectivity index (χ2n) is 12.1. The van der Waals surface area contributed by atoms with Crippen molar-refractivity contribution in [2.24, 2.45) is 23.7 Å². The summed E-state index contributed by atoms with van der Waals surface area (Å²) < 4.78 is 46.0. The first-order valence-corrected chi connectivity index (χ1v) is 15.4. The molecule has 3 fully saturated rings. The third-order valence-corrected chi connectivity index (χ3v) is 10.4. The van der Waals surface area contributed by atoms with Crippen molar-refractivity contribution in [2.75, 3.05) is 12.5 Å². The fourth-order valence-corrected chi connectivity index (χ4v) is 8.22. The quantitative estimate of drug-likeness (QED) is 0.279. The molecular weight excluding hydrogens is 664 g/mol. The Hall–Kier alpha value is -4.20. The number of nitrogens with one attached hydrogen (secondary N) is 1. The normalized spacial score (nSPS) is 28.7. The SMILES string of the molecule is CN1C(=O)[C@H]2[C@H](CC=C3[C@H]2C[C@H]2C(=O)N(Nc4ncc(C(F)(F)F)cc4Cl)C(=O)[C@@]2(c2ccc(Cl)cc2)[C@H]3c2ccc(CO)o2)C1=O. The number of benzene rings is 1. The van der Waals surface area contributed by atoms with Crippen LogP contribution in [-0.2, 0) is 37.4 Å². The Bertz CT molecular complexity index is 1880. The van der Waals surface area contributed by atoms with E-state index in [0.717, 1.165) is 4.90 Å². The number of carbonyl (C=O) groups is 4. The number of fused-ring (bicyclic) bond motifs is 4. The van der Waals surface area contributed by atoms with E-state index in [2.05, 4.69) is 10.4 Å². The lowest BCUT2D eigenvalue weighted by molar-refractivity contribution is -0.140. The van der Waals surface area contributed by atoms with Gasteiger partial charge in [0.2, 0.25) is 11.8 Å². The van der Waals surface area contributed by atoms with E-state index in [0.29, 0.717) is 33.4 Å². The molecule has 2 aromatic heterocycles. The fraction of sp³-hybridized carbons (Fsp3) is 0.344. The number of aromatic nitrogens is 1. The summed E-state index contributed by atoms with van der Waals surface area (Å²) in [7, 11) is 1.41. The van der Waals surface area contributed by atoms with E-state index in [1.807, 2.05) is 6.08 Å². The van der Waals surface area contributed by atoms with Crippen LogP contribution < -0.4 is 5.43 Å².